The van der Waals surface area contributed by atoms with Crippen LogP contribution in [0, 0.1) is 47.3 Å². The van der Waals surface area contributed by atoms with Crippen LogP contribution >= 0.6 is 7.82 Å². The molecule has 0 aliphatic carbocycles. The molecule has 9 atom stereocenters. The van der Waals surface area contributed by atoms with Crippen molar-refractivity contribution in [1.82, 2.24) is 0 Å². The van der Waals surface area contributed by atoms with Gasteiger partial charge in [-0.1, -0.05) is 184 Å². The van der Waals surface area contributed by atoms with Crippen LogP contribution in [0.2, 0.25) is 0 Å². The van der Waals surface area contributed by atoms with E-state index in [4.69, 9.17) is 14.0 Å². The van der Waals surface area contributed by atoms with Gasteiger partial charge in [0.1, 0.15) is 6.10 Å². The predicted molar refractivity (Wildman–Crippen MR) is 213 cm³/mol. The van der Waals surface area contributed by atoms with E-state index in [1.165, 1.54) is 128 Å². The minimum Gasteiger partial charge on any atom is -0.379 e. The summed E-state index contributed by atoms with van der Waals surface area (Å²) in [5.74, 6) is 6.18. The minimum atomic E-state index is -4.55. The Bertz CT molecular complexity index is 819. The van der Waals surface area contributed by atoms with Crippen molar-refractivity contribution in [2.75, 3.05) is 26.4 Å². The molecule has 1 saturated heterocycles. The van der Waals surface area contributed by atoms with Gasteiger partial charge in [-0.05, 0) is 60.2 Å². The maximum Gasteiger partial charge on any atom is 0.469 e. The molecule has 0 aromatic rings. The Morgan fingerprint density at radius 3 is 1.06 bits per heavy atom. The van der Waals surface area contributed by atoms with E-state index < -0.39 is 13.9 Å². The third-order valence-corrected chi connectivity index (χ3v) is 12.5. The molecule has 2 N–H and O–H groups in total. The first-order valence-corrected chi connectivity index (χ1v) is 23.2. The third-order valence-electron chi connectivity index (χ3n) is 12.0. The van der Waals surface area contributed by atoms with Crippen molar-refractivity contribution in [1.29, 1.82) is 0 Å². The van der Waals surface area contributed by atoms with Crippen molar-refractivity contribution in [3.63, 3.8) is 0 Å². The quantitative estimate of drug-likeness (QED) is 0.281. The zero-order chi connectivity index (χ0) is 37.2. The summed E-state index contributed by atoms with van der Waals surface area (Å²) in [6, 6.07) is 0. The highest BCUT2D eigenvalue weighted by Crippen LogP contribution is 2.36. The van der Waals surface area contributed by atoms with E-state index in [1.807, 2.05) is 0 Å². The smallest absolute Gasteiger partial charge is 0.379 e. The first kappa shape index (κ1) is 48.0. The summed E-state index contributed by atoms with van der Waals surface area (Å²) in [6.07, 6.45) is 28.4. The van der Waals surface area contributed by atoms with Gasteiger partial charge in [0.25, 0.3) is 0 Å². The average Bonchev–Trinajstić information content (AvgIpc) is 3.03. The Kier molecular flexibility index (Phi) is 28.2. The van der Waals surface area contributed by atoms with Gasteiger partial charge in [0, 0.05) is 13.2 Å². The first-order chi connectivity index (χ1) is 23.7. The van der Waals surface area contributed by atoms with Gasteiger partial charge in [-0.25, -0.2) is 4.57 Å². The first-order valence-electron chi connectivity index (χ1n) is 21.6. The Balaban J connectivity index is 2.58. The Morgan fingerprint density at radius 1 is 0.460 bits per heavy atom. The van der Waals surface area contributed by atoms with Crippen LogP contribution in [0.3, 0.4) is 0 Å². The summed E-state index contributed by atoms with van der Waals surface area (Å²) in [6.45, 7) is 20.7. The van der Waals surface area contributed by atoms with E-state index in [0.29, 0.717) is 31.7 Å². The lowest BCUT2D eigenvalue weighted by atomic mass is 9.88. The van der Waals surface area contributed by atoms with Gasteiger partial charge in [-0.15, -0.1) is 0 Å². The average molecular weight is 731 g/mol. The molecule has 0 amide bonds. The van der Waals surface area contributed by atoms with Crippen LogP contribution in [0.5, 0.6) is 0 Å². The number of rotatable bonds is 3. The lowest BCUT2D eigenvalue weighted by molar-refractivity contribution is -0.0462. The molecule has 0 aromatic carbocycles. The summed E-state index contributed by atoms with van der Waals surface area (Å²) in [7, 11) is -4.55. The van der Waals surface area contributed by atoms with Gasteiger partial charge >= 0.3 is 7.82 Å². The SMILES string of the molecule is C[C@@H]1CCC[C@H](C)CCC[C@H](C)CC[C@@H](C)CCC[C@@H](C)CCC[C@@H](C)CCC[C@@H](C)CCO[C@H](COP(=O)(O)O)COCC[C@H](C)CCC1. The summed E-state index contributed by atoms with van der Waals surface area (Å²) >= 11 is 0. The number of phosphoric acid groups is 1. The molecular formula is C43H87O6P. The minimum absolute atomic E-state index is 0.153. The second-order valence-electron chi connectivity index (χ2n) is 17.9. The van der Waals surface area contributed by atoms with Crippen molar-refractivity contribution in [3.05, 3.63) is 0 Å². The largest absolute Gasteiger partial charge is 0.469 e. The molecular weight excluding hydrogens is 643 g/mol. The second kappa shape index (κ2) is 29.4. The van der Waals surface area contributed by atoms with Crippen molar-refractivity contribution < 1.29 is 28.3 Å². The normalized spacial score (nSPS) is 34.5. The molecule has 0 aromatic heterocycles. The Morgan fingerprint density at radius 2 is 0.740 bits per heavy atom. The van der Waals surface area contributed by atoms with E-state index in [9.17, 15) is 14.4 Å². The van der Waals surface area contributed by atoms with Crippen LogP contribution in [0.1, 0.15) is 197 Å². The molecule has 0 spiro atoms. The molecule has 300 valence electrons. The standard InChI is InChI=1S/C43H87O6P/c1-35-15-9-17-37(3)21-13-25-41(7)29-31-47-33-43(34-49-50(44,45)46)48-32-30-42(8)26-14-22-38(4)18-10-16-36(2)20-12-24-40(6)28-27-39(5)23-11-19-35/h35-43H,9-34H2,1-8H3,(H2,44,45,46)/t35-,36-,37+,38+,39-,40-,41+,42+,43-/m0/s1. The molecule has 1 aliphatic rings. The van der Waals surface area contributed by atoms with Gasteiger partial charge in [0.05, 0.1) is 13.2 Å². The van der Waals surface area contributed by atoms with Crippen molar-refractivity contribution >= 4 is 7.82 Å². The molecule has 1 rings (SSSR count). The topological polar surface area (TPSA) is 85.2 Å². The van der Waals surface area contributed by atoms with Crippen LogP contribution in [0.25, 0.3) is 0 Å². The van der Waals surface area contributed by atoms with Crippen molar-refractivity contribution in [3.8, 4) is 0 Å². The fourth-order valence-corrected chi connectivity index (χ4v) is 8.23. The molecule has 6 nitrogen and oxygen atoms in total. The summed E-state index contributed by atoms with van der Waals surface area (Å²) in [5, 5.41) is 0. The third kappa shape index (κ3) is 29.5. The van der Waals surface area contributed by atoms with Gasteiger partial charge < -0.3 is 19.3 Å². The summed E-state index contributed by atoms with van der Waals surface area (Å²) < 4.78 is 28.1. The number of hydrogen-bond acceptors (Lipinski definition) is 4. The molecule has 7 heteroatoms. The molecule has 1 fully saturated rings. The Hall–Kier alpha value is 0.0300. The monoisotopic (exact) mass is 731 g/mol. The van der Waals surface area contributed by atoms with E-state index in [-0.39, 0.29) is 6.61 Å². The molecule has 0 radical (unpaired) electrons. The summed E-state index contributed by atoms with van der Waals surface area (Å²) in [5.41, 5.74) is 0. The maximum atomic E-state index is 11.3. The second-order valence-corrected chi connectivity index (χ2v) is 19.2. The molecule has 1 aliphatic heterocycles. The van der Waals surface area contributed by atoms with Gasteiger partial charge in [0.2, 0.25) is 0 Å². The van der Waals surface area contributed by atoms with E-state index in [2.05, 4.69) is 55.4 Å². The van der Waals surface area contributed by atoms with E-state index >= 15 is 0 Å². The number of phosphoric ester groups is 1. The fraction of sp³-hybridized carbons (Fsp3) is 1.00. The van der Waals surface area contributed by atoms with Crippen LogP contribution in [-0.4, -0.2) is 42.3 Å². The molecule has 0 unspecified atom stereocenters. The van der Waals surface area contributed by atoms with Crippen LogP contribution in [0.4, 0.5) is 0 Å². The Labute approximate surface area is 312 Å². The highest BCUT2D eigenvalue weighted by atomic mass is 31.2. The van der Waals surface area contributed by atoms with Gasteiger partial charge in [-0.2, -0.15) is 0 Å². The van der Waals surface area contributed by atoms with Crippen molar-refractivity contribution in [2.45, 2.75) is 203 Å². The zero-order valence-electron chi connectivity index (χ0n) is 34.6. The summed E-state index contributed by atoms with van der Waals surface area (Å²) in [4.78, 5) is 18.5. The molecule has 0 saturated carbocycles. The molecule has 50 heavy (non-hydrogen) atoms. The maximum absolute atomic E-state index is 11.3. The molecule has 1 heterocycles. The highest BCUT2D eigenvalue weighted by molar-refractivity contribution is 7.46. The van der Waals surface area contributed by atoms with Crippen molar-refractivity contribution in [2.24, 2.45) is 47.3 Å². The van der Waals surface area contributed by atoms with Crippen LogP contribution in [0.15, 0.2) is 0 Å². The number of ether oxygens (including phenoxy) is 2. The fourth-order valence-electron chi connectivity index (χ4n) is 7.87. The highest BCUT2D eigenvalue weighted by Gasteiger charge is 2.20. The number of hydrogen-bond donors (Lipinski definition) is 2. The lowest BCUT2D eigenvalue weighted by Gasteiger charge is -2.21. The van der Waals surface area contributed by atoms with Gasteiger partial charge in [0.15, 0.2) is 0 Å². The zero-order valence-corrected chi connectivity index (χ0v) is 35.4. The van der Waals surface area contributed by atoms with Gasteiger partial charge in [-0.3, -0.25) is 4.52 Å². The molecule has 0 bridgehead atoms. The van der Waals surface area contributed by atoms with E-state index in [0.717, 1.165) is 48.3 Å². The van der Waals surface area contributed by atoms with E-state index in [1.54, 1.807) is 0 Å². The predicted octanol–water partition coefficient (Wildman–Crippen LogP) is 13.2. The van der Waals surface area contributed by atoms with Crippen LogP contribution in [-0.2, 0) is 18.6 Å². The lowest BCUT2D eigenvalue weighted by Crippen LogP contribution is -2.26. The van der Waals surface area contributed by atoms with Crippen LogP contribution < -0.4 is 0 Å².